The average Bonchev–Trinajstić information content (AvgIpc) is 1.64. The van der Waals surface area contributed by atoms with E-state index in [-0.39, 0.29) is 0 Å². The van der Waals surface area contributed by atoms with E-state index < -0.39 is 0 Å². The summed E-state index contributed by atoms with van der Waals surface area (Å²) in [4.78, 5) is 0. The SMILES string of the molecule is NC1=C[C]=NN(N)N1. The van der Waals surface area contributed by atoms with Gasteiger partial charge in [0.15, 0.2) is 0 Å². The van der Waals surface area contributed by atoms with Gasteiger partial charge in [-0.3, -0.25) is 5.43 Å². The zero-order valence-corrected chi connectivity index (χ0v) is 4.13. The van der Waals surface area contributed by atoms with Crippen LogP contribution in [0.1, 0.15) is 0 Å². The molecule has 0 aromatic carbocycles. The minimum Gasteiger partial charge on any atom is -0.384 e. The molecule has 0 amide bonds. The molecule has 0 aromatic rings. The summed E-state index contributed by atoms with van der Waals surface area (Å²) >= 11 is 0. The Labute approximate surface area is 46.6 Å². The summed E-state index contributed by atoms with van der Waals surface area (Å²) in [5.74, 6) is 5.53. The van der Waals surface area contributed by atoms with Crippen molar-refractivity contribution >= 4 is 6.21 Å². The fourth-order valence-corrected chi connectivity index (χ4v) is 0.350. The average molecular weight is 112 g/mol. The Morgan fingerprint density at radius 3 is 3.00 bits per heavy atom. The number of allylic oxidation sites excluding steroid dienone is 1. The van der Waals surface area contributed by atoms with Gasteiger partial charge >= 0.3 is 0 Å². The van der Waals surface area contributed by atoms with Crippen LogP contribution in [-0.2, 0) is 0 Å². The van der Waals surface area contributed by atoms with E-state index in [1.807, 2.05) is 0 Å². The van der Waals surface area contributed by atoms with Gasteiger partial charge < -0.3 is 5.73 Å². The van der Waals surface area contributed by atoms with Gasteiger partial charge in [0, 0.05) is 6.08 Å². The zero-order valence-electron chi connectivity index (χ0n) is 4.13. The minimum atomic E-state index is 0.433. The van der Waals surface area contributed by atoms with Crippen LogP contribution in [0.3, 0.4) is 0 Å². The highest BCUT2D eigenvalue weighted by Crippen LogP contribution is 1.83. The van der Waals surface area contributed by atoms with E-state index in [2.05, 4.69) is 16.7 Å². The number of rotatable bonds is 0. The summed E-state index contributed by atoms with van der Waals surface area (Å²) in [5.41, 5.74) is 7.73. The van der Waals surface area contributed by atoms with Crippen molar-refractivity contribution in [1.29, 1.82) is 0 Å². The molecule has 1 heterocycles. The Kier molecular flexibility index (Phi) is 1.05. The highest BCUT2D eigenvalue weighted by Gasteiger charge is 1.95. The van der Waals surface area contributed by atoms with Gasteiger partial charge in [0.1, 0.15) is 12.0 Å². The van der Waals surface area contributed by atoms with Crippen molar-refractivity contribution in [1.82, 2.24) is 10.7 Å². The van der Waals surface area contributed by atoms with E-state index in [9.17, 15) is 0 Å². The zero-order chi connectivity index (χ0) is 5.98. The molecule has 0 saturated heterocycles. The summed E-state index contributed by atoms with van der Waals surface area (Å²) in [7, 11) is 0. The highest BCUT2D eigenvalue weighted by atomic mass is 15.8. The molecule has 0 saturated carbocycles. The molecule has 1 radical (unpaired) electrons. The number of nitrogens with one attached hydrogen (secondary N) is 1. The van der Waals surface area contributed by atoms with Crippen molar-refractivity contribution < 1.29 is 0 Å². The van der Waals surface area contributed by atoms with E-state index in [0.717, 1.165) is 5.23 Å². The number of hydrazine groups is 2. The van der Waals surface area contributed by atoms with Crippen molar-refractivity contribution in [3.8, 4) is 0 Å². The maximum absolute atomic E-state index is 5.23. The predicted octanol–water partition coefficient (Wildman–Crippen LogP) is -1.66. The van der Waals surface area contributed by atoms with Crippen molar-refractivity contribution in [2.24, 2.45) is 16.7 Å². The first-order valence-electron chi connectivity index (χ1n) is 2.02. The van der Waals surface area contributed by atoms with Gasteiger partial charge in [0.25, 0.3) is 0 Å². The van der Waals surface area contributed by atoms with E-state index >= 15 is 0 Å². The van der Waals surface area contributed by atoms with Crippen LogP contribution in [0.25, 0.3) is 0 Å². The molecule has 0 spiro atoms. The third-order valence-electron chi connectivity index (χ3n) is 0.629. The molecule has 0 aromatic heterocycles. The Morgan fingerprint density at radius 2 is 2.62 bits per heavy atom. The van der Waals surface area contributed by atoms with Crippen LogP contribution in [0.2, 0.25) is 0 Å². The van der Waals surface area contributed by atoms with Crippen LogP contribution in [0.4, 0.5) is 0 Å². The maximum atomic E-state index is 5.23. The second-order valence-electron chi connectivity index (χ2n) is 1.29. The van der Waals surface area contributed by atoms with Crippen LogP contribution in [0.5, 0.6) is 0 Å². The number of nitrogens with zero attached hydrogens (tertiary/aromatic N) is 2. The molecule has 43 valence electrons. The first kappa shape index (κ1) is 4.92. The van der Waals surface area contributed by atoms with Crippen molar-refractivity contribution in [3.63, 3.8) is 0 Å². The first-order chi connectivity index (χ1) is 3.79. The molecular weight excluding hydrogens is 106 g/mol. The smallest absolute Gasteiger partial charge is 0.120 e. The minimum absolute atomic E-state index is 0.433. The summed E-state index contributed by atoms with van der Waals surface area (Å²) in [6.07, 6.45) is 3.95. The van der Waals surface area contributed by atoms with Gasteiger partial charge in [-0.05, 0) is 0 Å². The second kappa shape index (κ2) is 1.71. The summed E-state index contributed by atoms with van der Waals surface area (Å²) < 4.78 is 0. The van der Waals surface area contributed by atoms with E-state index in [1.54, 1.807) is 0 Å². The van der Waals surface area contributed by atoms with Crippen LogP contribution in [-0.4, -0.2) is 11.4 Å². The molecule has 1 aliphatic rings. The second-order valence-corrected chi connectivity index (χ2v) is 1.29. The third-order valence-corrected chi connectivity index (χ3v) is 0.629. The molecule has 5 heteroatoms. The monoisotopic (exact) mass is 112 g/mol. The Hall–Kier alpha value is -1.23. The van der Waals surface area contributed by atoms with Gasteiger partial charge in [0.2, 0.25) is 0 Å². The van der Waals surface area contributed by atoms with Gasteiger partial charge in [-0.25, -0.2) is 5.84 Å². The molecular formula is C3H6N5. The fraction of sp³-hybridized carbons (Fsp3) is 0. The van der Waals surface area contributed by atoms with Gasteiger partial charge in [0.05, 0.1) is 0 Å². The number of hydrogen-bond acceptors (Lipinski definition) is 5. The fourth-order valence-electron chi connectivity index (χ4n) is 0.350. The number of nitrogens with two attached hydrogens (primary N) is 2. The Balaban J connectivity index is 2.59. The lowest BCUT2D eigenvalue weighted by molar-refractivity contribution is 0.226. The van der Waals surface area contributed by atoms with Crippen molar-refractivity contribution in [2.45, 2.75) is 0 Å². The predicted molar refractivity (Wildman–Crippen MR) is 28.9 cm³/mol. The molecule has 0 bridgehead atoms. The molecule has 0 atom stereocenters. The molecule has 0 aliphatic carbocycles. The summed E-state index contributed by atoms with van der Waals surface area (Å²) in [5, 5.41) is 4.46. The molecule has 0 unspecified atom stereocenters. The standard InChI is InChI=1S/C3H6N5/c4-3-1-2-6-8(5)7-3/h1,7H,4-5H2. The maximum Gasteiger partial charge on any atom is 0.120 e. The quantitative estimate of drug-likeness (QED) is 0.328. The lowest BCUT2D eigenvalue weighted by atomic mass is 10.6. The molecule has 1 aliphatic heterocycles. The van der Waals surface area contributed by atoms with Crippen LogP contribution >= 0.6 is 0 Å². The van der Waals surface area contributed by atoms with Gasteiger partial charge in [-0.2, -0.15) is 0 Å². The van der Waals surface area contributed by atoms with Crippen LogP contribution < -0.4 is 17.0 Å². The van der Waals surface area contributed by atoms with Crippen LogP contribution in [0, 0.1) is 0 Å². The molecule has 8 heavy (non-hydrogen) atoms. The highest BCUT2D eigenvalue weighted by molar-refractivity contribution is 5.72. The molecule has 1 rings (SSSR count). The summed E-state index contributed by atoms with van der Waals surface area (Å²) in [6.45, 7) is 0. The molecule has 5 nitrogen and oxygen atoms in total. The largest absolute Gasteiger partial charge is 0.384 e. The van der Waals surface area contributed by atoms with Crippen molar-refractivity contribution in [2.75, 3.05) is 0 Å². The first-order valence-corrected chi connectivity index (χ1v) is 2.02. The lowest BCUT2D eigenvalue weighted by Crippen LogP contribution is -2.42. The van der Waals surface area contributed by atoms with E-state index in [0.29, 0.717) is 5.82 Å². The topological polar surface area (TPSA) is 79.7 Å². The van der Waals surface area contributed by atoms with Gasteiger partial charge in [-0.1, -0.05) is 0 Å². The summed E-state index contributed by atoms with van der Waals surface area (Å²) in [6, 6.07) is 0. The van der Waals surface area contributed by atoms with E-state index in [4.69, 9.17) is 11.6 Å². The molecule has 5 N–H and O–H groups in total. The third kappa shape index (κ3) is 0.881. The molecule has 0 fully saturated rings. The number of hydrogen-bond donors (Lipinski definition) is 3. The Morgan fingerprint density at radius 1 is 1.88 bits per heavy atom. The van der Waals surface area contributed by atoms with Crippen molar-refractivity contribution in [3.05, 3.63) is 11.9 Å². The van der Waals surface area contributed by atoms with Crippen LogP contribution in [0.15, 0.2) is 17.0 Å². The van der Waals surface area contributed by atoms with E-state index in [1.165, 1.54) is 6.08 Å². The van der Waals surface area contributed by atoms with Gasteiger partial charge in [-0.15, -0.1) is 10.3 Å². The lowest BCUT2D eigenvalue weighted by Gasteiger charge is -2.15. The normalized spacial score (nSPS) is 17.6. The number of hydrazone groups is 1. The Bertz CT molecular complexity index is 137.